The Bertz CT molecular complexity index is 396. The molecule has 0 spiro atoms. The third kappa shape index (κ3) is 4.33. The number of carbonyl (C=O) groups excluding carboxylic acids is 1. The molecular weight excluding hydrogens is 242 g/mol. The van der Waals surface area contributed by atoms with E-state index >= 15 is 0 Å². The highest BCUT2D eigenvalue weighted by Gasteiger charge is 2.14. The number of benzene rings is 1. The Morgan fingerprint density at radius 1 is 1.26 bits per heavy atom. The Balaban J connectivity index is 1.73. The summed E-state index contributed by atoms with van der Waals surface area (Å²) in [5.41, 5.74) is 0.717. The van der Waals surface area contributed by atoms with Crippen LogP contribution in [0, 0.1) is 0 Å². The maximum Gasteiger partial charge on any atom is 0.165 e. The van der Waals surface area contributed by atoms with Gasteiger partial charge in [-0.3, -0.25) is 4.79 Å². The Labute approximate surface area is 114 Å². The average molecular weight is 263 g/mol. The van der Waals surface area contributed by atoms with Crippen LogP contribution in [0.5, 0.6) is 5.75 Å². The van der Waals surface area contributed by atoms with E-state index < -0.39 is 0 Å². The number of hydrogen-bond donors (Lipinski definition) is 1. The van der Waals surface area contributed by atoms with Crippen molar-refractivity contribution in [1.29, 1.82) is 0 Å². The summed E-state index contributed by atoms with van der Waals surface area (Å²) in [5, 5.41) is 3.29. The average Bonchev–Trinajstić information content (AvgIpc) is 2.48. The number of hydrogen-bond acceptors (Lipinski definition) is 4. The van der Waals surface area contributed by atoms with Gasteiger partial charge in [0.15, 0.2) is 5.78 Å². The first-order valence-electron chi connectivity index (χ1n) is 6.79. The molecule has 0 aromatic heterocycles. The molecule has 0 bridgehead atoms. The van der Waals surface area contributed by atoms with E-state index in [4.69, 9.17) is 9.47 Å². The lowest BCUT2D eigenvalue weighted by atomic mass is 10.1. The standard InChI is InChI=1S/C15H21NO3/c1-18-13-4-2-12(3-5-13)15(17)8-11-19-14-6-9-16-10-7-14/h2-5,14,16H,6-11H2,1H3. The molecule has 0 unspecified atom stereocenters. The maximum atomic E-state index is 12.0. The smallest absolute Gasteiger partial charge is 0.165 e. The number of Topliss-reactive ketones (excluding diaryl/α,β-unsaturated/α-hetero) is 1. The van der Waals surface area contributed by atoms with Crippen LogP contribution < -0.4 is 10.1 Å². The highest BCUT2D eigenvalue weighted by Crippen LogP contribution is 2.13. The summed E-state index contributed by atoms with van der Waals surface area (Å²) in [4.78, 5) is 12.0. The molecule has 19 heavy (non-hydrogen) atoms. The Morgan fingerprint density at radius 3 is 2.58 bits per heavy atom. The van der Waals surface area contributed by atoms with E-state index in [0.717, 1.165) is 37.2 Å². The van der Waals surface area contributed by atoms with Gasteiger partial charge in [0.05, 0.1) is 19.8 Å². The summed E-state index contributed by atoms with van der Waals surface area (Å²) < 4.78 is 10.8. The third-order valence-electron chi connectivity index (χ3n) is 3.38. The lowest BCUT2D eigenvalue weighted by Gasteiger charge is -2.22. The molecule has 4 heteroatoms. The molecule has 1 N–H and O–H groups in total. The van der Waals surface area contributed by atoms with Crippen molar-refractivity contribution in [2.75, 3.05) is 26.8 Å². The van der Waals surface area contributed by atoms with Crippen LogP contribution in [0.25, 0.3) is 0 Å². The predicted octanol–water partition coefficient (Wildman–Crippen LogP) is 2.04. The summed E-state index contributed by atoms with van der Waals surface area (Å²) in [7, 11) is 1.61. The fourth-order valence-electron chi connectivity index (χ4n) is 2.20. The number of ketones is 1. The van der Waals surface area contributed by atoms with Gasteiger partial charge in [0, 0.05) is 12.0 Å². The first-order valence-corrected chi connectivity index (χ1v) is 6.79. The zero-order chi connectivity index (χ0) is 13.5. The second kappa shape index (κ2) is 7.26. The fourth-order valence-corrected chi connectivity index (χ4v) is 2.20. The van der Waals surface area contributed by atoms with Gasteiger partial charge >= 0.3 is 0 Å². The molecule has 2 rings (SSSR count). The number of nitrogens with one attached hydrogen (secondary N) is 1. The Kier molecular flexibility index (Phi) is 5.36. The molecule has 1 aliphatic heterocycles. The molecule has 1 aromatic rings. The molecule has 1 fully saturated rings. The molecule has 0 radical (unpaired) electrons. The van der Waals surface area contributed by atoms with Crippen molar-refractivity contribution >= 4 is 5.78 Å². The second-order valence-electron chi connectivity index (χ2n) is 4.72. The van der Waals surface area contributed by atoms with Crippen molar-refractivity contribution in [2.24, 2.45) is 0 Å². The zero-order valence-corrected chi connectivity index (χ0v) is 11.4. The van der Waals surface area contributed by atoms with Gasteiger partial charge in [0.25, 0.3) is 0 Å². The fraction of sp³-hybridized carbons (Fsp3) is 0.533. The van der Waals surface area contributed by atoms with Gasteiger partial charge in [-0.15, -0.1) is 0 Å². The van der Waals surface area contributed by atoms with E-state index in [0.29, 0.717) is 19.1 Å². The van der Waals surface area contributed by atoms with Crippen LogP contribution in [0.2, 0.25) is 0 Å². The minimum Gasteiger partial charge on any atom is -0.497 e. The monoisotopic (exact) mass is 263 g/mol. The van der Waals surface area contributed by atoms with Gasteiger partial charge in [0.2, 0.25) is 0 Å². The van der Waals surface area contributed by atoms with E-state index in [9.17, 15) is 4.79 Å². The highest BCUT2D eigenvalue weighted by atomic mass is 16.5. The number of carbonyl (C=O) groups is 1. The topological polar surface area (TPSA) is 47.6 Å². The van der Waals surface area contributed by atoms with Gasteiger partial charge in [0.1, 0.15) is 5.75 Å². The molecule has 0 saturated carbocycles. The SMILES string of the molecule is COc1ccc(C(=O)CCOC2CCNCC2)cc1. The number of methoxy groups -OCH3 is 1. The highest BCUT2D eigenvalue weighted by molar-refractivity contribution is 5.96. The van der Waals surface area contributed by atoms with Crippen molar-refractivity contribution in [3.05, 3.63) is 29.8 Å². The molecule has 1 aromatic carbocycles. The lowest BCUT2D eigenvalue weighted by molar-refractivity contribution is 0.0313. The molecule has 1 heterocycles. The summed E-state index contributed by atoms with van der Waals surface area (Å²) in [5.74, 6) is 0.888. The molecule has 0 atom stereocenters. The number of piperidine rings is 1. The van der Waals surface area contributed by atoms with E-state index in [2.05, 4.69) is 5.32 Å². The van der Waals surface area contributed by atoms with Crippen molar-refractivity contribution < 1.29 is 14.3 Å². The first kappa shape index (κ1) is 14.0. The van der Waals surface area contributed by atoms with Crippen molar-refractivity contribution in [2.45, 2.75) is 25.4 Å². The van der Waals surface area contributed by atoms with Crippen molar-refractivity contribution in [3.8, 4) is 5.75 Å². The second-order valence-corrected chi connectivity index (χ2v) is 4.72. The summed E-state index contributed by atoms with van der Waals surface area (Å²) in [6.45, 7) is 2.53. The first-order chi connectivity index (χ1) is 9.29. The van der Waals surface area contributed by atoms with Gasteiger partial charge in [-0.05, 0) is 50.2 Å². The zero-order valence-electron chi connectivity index (χ0n) is 11.4. The molecule has 104 valence electrons. The Morgan fingerprint density at radius 2 is 1.95 bits per heavy atom. The minimum absolute atomic E-state index is 0.122. The van der Waals surface area contributed by atoms with E-state index in [1.807, 2.05) is 0 Å². The summed E-state index contributed by atoms with van der Waals surface area (Å²) >= 11 is 0. The number of rotatable bonds is 6. The van der Waals surface area contributed by atoms with Crippen LogP contribution in [0.3, 0.4) is 0 Å². The lowest BCUT2D eigenvalue weighted by Crippen LogP contribution is -2.32. The van der Waals surface area contributed by atoms with Crippen LogP contribution in [0.1, 0.15) is 29.6 Å². The van der Waals surface area contributed by atoms with E-state index in [-0.39, 0.29) is 5.78 Å². The molecule has 0 aliphatic carbocycles. The molecular formula is C15H21NO3. The van der Waals surface area contributed by atoms with E-state index in [1.165, 1.54) is 0 Å². The van der Waals surface area contributed by atoms with E-state index in [1.54, 1.807) is 31.4 Å². The van der Waals surface area contributed by atoms with Gasteiger partial charge in [-0.1, -0.05) is 0 Å². The Hall–Kier alpha value is -1.39. The van der Waals surface area contributed by atoms with Crippen LogP contribution >= 0.6 is 0 Å². The molecule has 4 nitrogen and oxygen atoms in total. The van der Waals surface area contributed by atoms with Crippen LogP contribution in [-0.2, 0) is 4.74 Å². The van der Waals surface area contributed by atoms with Crippen molar-refractivity contribution in [3.63, 3.8) is 0 Å². The van der Waals surface area contributed by atoms with Crippen LogP contribution in [0.15, 0.2) is 24.3 Å². The number of ether oxygens (including phenoxy) is 2. The van der Waals surface area contributed by atoms with Crippen LogP contribution in [0.4, 0.5) is 0 Å². The van der Waals surface area contributed by atoms with Gasteiger partial charge in [-0.2, -0.15) is 0 Å². The molecule has 1 saturated heterocycles. The van der Waals surface area contributed by atoms with Crippen LogP contribution in [-0.4, -0.2) is 38.7 Å². The van der Waals surface area contributed by atoms with Gasteiger partial charge < -0.3 is 14.8 Å². The quantitative estimate of drug-likeness (QED) is 0.798. The molecule has 1 aliphatic rings. The largest absolute Gasteiger partial charge is 0.497 e. The van der Waals surface area contributed by atoms with Crippen molar-refractivity contribution in [1.82, 2.24) is 5.32 Å². The minimum atomic E-state index is 0.122. The third-order valence-corrected chi connectivity index (χ3v) is 3.38. The van der Waals surface area contributed by atoms with Gasteiger partial charge in [-0.25, -0.2) is 0 Å². The summed E-state index contributed by atoms with van der Waals surface area (Å²) in [6.07, 6.45) is 2.83. The normalized spacial score (nSPS) is 16.3. The predicted molar refractivity (Wildman–Crippen MR) is 73.8 cm³/mol. The summed E-state index contributed by atoms with van der Waals surface area (Å²) in [6, 6.07) is 7.21. The maximum absolute atomic E-state index is 12.0. The molecule has 0 amide bonds.